The lowest BCUT2D eigenvalue weighted by Crippen LogP contribution is -2.45. The number of aromatic nitrogens is 2. The molecule has 0 spiro atoms. The molecule has 120 valence electrons. The molecule has 2 heterocycles. The third-order valence-corrected chi connectivity index (χ3v) is 4.01. The second-order valence-electron chi connectivity index (χ2n) is 6.86. The van der Waals surface area contributed by atoms with Gasteiger partial charge in [0, 0.05) is 25.3 Å². The quantitative estimate of drug-likeness (QED) is 0.910. The highest BCUT2D eigenvalue weighted by atomic mass is 35.5. The van der Waals surface area contributed by atoms with Crippen molar-refractivity contribution in [3.63, 3.8) is 0 Å². The Bertz CT molecular complexity index is 478. The molecule has 1 aliphatic heterocycles. The molecule has 1 saturated heterocycles. The topological polar surface area (TPSA) is 64.2 Å². The molecule has 2 atom stereocenters. The van der Waals surface area contributed by atoms with E-state index in [2.05, 4.69) is 25.9 Å². The van der Waals surface area contributed by atoms with Crippen LogP contribution in [0.3, 0.4) is 0 Å². The van der Waals surface area contributed by atoms with E-state index in [9.17, 15) is 4.79 Å². The predicted molar refractivity (Wildman–Crippen MR) is 86.7 cm³/mol. The number of nitrogens with zero attached hydrogens (tertiary/aromatic N) is 3. The Labute approximate surface area is 133 Å². The number of nitrogens with two attached hydrogens (primary N) is 1. The first-order valence-corrected chi connectivity index (χ1v) is 7.39. The molecular weight excluding hydrogens is 288 g/mol. The van der Waals surface area contributed by atoms with Crippen molar-refractivity contribution in [2.45, 2.75) is 52.1 Å². The van der Waals surface area contributed by atoms with Crippen LogP contribution >= 0.6 is 12.4 Å². The molecule has 1 aromatic heterocycles. The lowest BCUT2D eigenvalue weighted by molar-refractivity contribution is 0.0660. The standard InChI is InChI=1S/C15H26N4O.ClH/c1-11(16)12-6-5-7-18(9-12)14(20)13-8-17-19(10-13)15(2,3)4;/h8,10-12H,5-7,9,16H2,1-4H3;1H. The van der Waals surface area contributed by atoms with E-state index in [0.29, 0.717) is 11.5 Å². The normalized spacial score (nSPS) is 20.8. The van der Waals surface area contributed by atoms with Crippen molar-refractivity contribution >= 4 is 18.3 Å². The smallest absolute Gasteiger partial charge is 0.257 e. The Kier molecular flexibility index (Phi) is 5.82. The highest BCUT2D eigenvalue weighted by Gasteiger charge is 2.27. The van der Waals surface area contributed by atoms with Crippen LogP contribution in [0.4, 0.5) is 0 Å². The van der Waals surface area contributed by atoms with Crippen molar-refractivity contribution in [3.05, 3.63) is 18.0 Å². The Hall–Kier alpha value is -1.07. The maximum Gasteiger partial charge on any atom is 0.257 e. The van der Waals surface area contributed by atoms with Gasteiger partial charge in [-0.15, -0.1) is 12.4 Å². The van der Waals surface area contributed by atoms with Gasteiger partial charge in [0.1, 0.15) is 0 Å². The fraction of sp³-hybridized carbons (Fsp3) is 0.733. The number of hydrogen-bond donors (Lipinski definition) is 1. The van der Waals surface area contributed by atoms with Crippen LogP contribution in [-0.2, 0) is 5.54 Å². The van der Waals surface area contributed by atoms with Crippen LogP contribution in [0.2, 0.25) is 0 Å². The Morgan fingerprint density at radius 1 is 1.48 bits per heavy atom. The van der Waals surface area contributed by atoms with Gasteiger partial charge in [-0.25, -0.2) is 0 Å². The molecule has 2 N–H and O–H groups in total. The molecule has 1 aliphatic rings. The highest BCUT2D eigenvalue weighted by molar-refractivity contribution is 5.93. The number of amides is 1. The summed E-state index contributed by atoms with van der Waals surface area (Å²) in [6.07, 6.45) is 5.66. The second kappa shape index (κ2) is 6.79. The Morgan fingerprint density at radius 3 is 2.67 bits per heavy atom. The van der Waals surface area contributed by atoms with E-state index in [0.717, 1.165) is 25.9 Å². The minimum absolute atomic E-state index is 0. The van der Waals surface area contributed by atoms with Crippen LogP contribution in [0, 0.1) is 5.92 Å². The fourth-order valence-corrected chi connectivity index (χ4v) is 2.61. The molecule has 2 unspecified atom stereocenters. The first-order valence-electron chi connectivity index (χ1n) is 7.39. The number of piperidine rings is 1. The number of rotatable bonds is 2. The molecule has 1 aromatic rings. The SMILES string of the molecule is CC(N)C1CCCN(C(=O)c2cnn(C(C)(C)C)c2)C1.Cl. The summed E-state index contributed by atoms with van der Waals surface area (Å²) in [5, 5.41) is 4.30. The molecule has 6 heteroatoms. The highest BCUT2D eigenvalue weighted by Crippen LogP contribution is 2.21. The molecule has 0 aliphatic carbocycles. The van der Waals surface area contributed by atoms with Gasteiger partial charge in [-0.3, -0.25) is 9.48 Å². The summed E-state index contributed by atoms with van der Waals surface area (Å²) in [6, 6.07) is 0.142. The summed E-state index contributed by atoms with van der Waals surface area (Å²) in [4.78, 5) is 14.5. The van der Waals surface area contributed by atoms with E-state index in [1.54, 1.807) is 6.20 Å². The van der Waals surface area contributed by atoms with Crippen molar-refractivity contribution in [2.75, 3.05) is 13.1 Å². The zero-order valence-electron chi connectivity index (χ0n) is 13.4. The van der Waals surface area contributed by atoms with Gasteiger partial charge >= 0.3 is 0 Å². The summed E-state index contributed by atoms with van der Waals surface area (Å²) >= 11 is 0. The molecule has 0 radical (unpaired) electrons. The van der Waals surface area contributed by atoms with E-state index >= 15 is 0 Å². The summed E-state index contributed by atoms with van der Waals surface area (Å²) in [7, 11) is 0. The monoisotopic (exact) mass is 314 g/mol. The van der Waals surface area contributed by atoms with Gasteiger partial charge in [-0.2, -0.15) is 5.10 Å². The minimum Gasteiger partial charge on any atom is -0.338 e. The molecule has 0 bridgehead atoms. The lowest BCUT2D eigenvalue weighted by atomic mass is 9.92. The first kappa shape index (κ1) is 18.0. The summed E-state index contributed by atoms with van der Waals surface area (Å²) < 4.78 is 1.84. The van der Waals surface area contributed by atoms with E-state index < -0.39 is 0 Å². The summed E-state index contributed by atoms with van der Waals surface area (Å²) in [5.74, 6) is 0.483. The van der Waals surface area contributed by atoms with Crippen LogP contribution in [0.5, 0.6) is 0 Å². The van der Waals surface area contributed by atoms with Crippen LogP contribution in [0.25, 0.3) is 0 Å². The van der Waals surface area contributed by atoms with Gasteiger partial charge in [-0.05, 0) is 46.5 Å². The average molecular weight is 315 g/mol. The third-order valence-electron chi connectivity index (χ3n) is 4.01. The fourth-order valence-electron chi connectivity index (χ4n) is 2.61. The van der Waals surface area contributed by atoms with Crippen molar-refractivity contribution in [1.29, 1.82) is 0 Å². The molecule has 2 rings (SSSR count). The third kappa shape index (κ3) is 4.20. The first-order chi connectivity index (χ1) is 9.29. The number of likely N-dealkylation sites (tertiary alicyclic amines) is 1. The van der Waals surface area contributed by atoms with Gasteiger partial charge in [0.25, 0.3) is 5.91 Å². The molecule has 0 saturated carbocycles. The lowest BCUT2D eigenvalue weighted by Gasteiger charge is -2.34. The second-order valence-corrected chi connectivity index (χ2v) is 6.86. The molecule has 21 heavy (non-hydrogen) atoms. The summed E-state index contributed by atoms with van der Waals surface area (Å²) in [6.45, 7) is 9.82. The maximum atomic E-state index is 12.5. The van der Waals surface area contributed by atoms with Crippen LogP contribution in [-0.4, -0.2) is 39.7 Å². The molecular formula is C15H27ClN4O. The van der Waals surface area contributed by atoms with E-state index in [-0.39, 0.29) is 29.9 Å². The van der Waals surface area contributed by atoms with Crippen LogP contribution < -0.4 is 5.73 Å². The summed E-state index contributed by atoms with van der Waals surface area (Å²) in [5.41, 5.74) is 6.54. The van der Waals surface area contributed by atoms with Crippen LogP contribution in [0.15, 0.2) is 12.4 Å². The number of hydrogen-bond acceptors (Lipinski definition) is 3. The average Bonchev–Trinajstić information content (AvgIpc) is 2.87. The van der Waals surface area contributed by atoms with Gasteiger partial charge in [0.2, 0.25) is 0 Å². The number of carbonyl (C=O) groups is 1. The van der Waals surface area contributed by atoms with Crippen molar-refractivity contribution < 1.29 is 4.79 Å². The minimum atomic E-state index is -0.102. The van der Waals surface area contributed by atoms with E-state index in [1.807, 2.05) is 22.7 Å². The predicted octanol–water partition coefficient (Wildman–Crippen LogP) is 2.26. The van der Waals surface area contributed by atoms with E-state index in [4.69, 9.17) is 5.73 Å². The van der Waals surface area contributed by atoms with Gasteiger partial charge in [0.05, 0.1) is 17.3 Å². The molecule has 0 aromatic carbocycles. The van der Waals surface area contributed by atoms with E-state index in [1.165, 1.54) is 0 Å². The van der Waals surface area contributed by atoms with Gasteiger partial charge < -0.3 is 10.6 Å². The molecule has 5 nitrogen and oxygen atoms in total. The zero-order chi connectivity index (χ0) is 14.9. The number of carbonyl (C=O) groups excluding carboxylic acids is 1. The largest absolute Gasteiger partial charge is 0.338 e. The van der Waals surface area contributed by atoms with Crippen molar-refractivity contribution in [3.8, 4) is 0 Å². The van der Waals surface area contributed by atoms with Gasteiger partial charge in [0.15, 0.2) is 0 Å². The number of halogens is 1. The van der Waals surface area contributed by atoms with Crippen LogP contribution in [0.1, 0.15) is 50.9 Å². The Balaban J connectivity index is 0.00000220. The zero-order valence-corrected chi connectivity index (χ0v) is 14.2. The van der Waals surface area contributed by atoms with Gasteiger partial charge in [-0.1, -0.05) is 0 Å². The maximum absolute atomic E-state index is 12.5. The van der Waals surface area contributed by atoms with Crippen molar-refractivity contribution in [1.82, 2.24) is 14.7 Å². The Morgan fingerprint density at radius 2 is 2.14 bits per heavy atom. The molecule has 1 amide bonds. The van der Waals surface area contributed by atoms with Crippen molar-refractivity contribution in [2.24, 2.45) is 11.7 Å². The molecule has 1 fully saturated rings.